The van der Waals surface area contributed by atoms with Crippen LogP contribution in [0.3, 0.4) is 0 Å². The van der Waals surface area contributed by atoms with Crippen molar-refractivity contribution in [3.05, 3.63) is 89.4 Å². The summed E-state index contributed by atoms with van der Waals surface area (Å²) in [6.07, 6.45) is 0. The molecule has 3 nitrogen and oxygen atoms in total. The maximum atomic E-state index is 12.2. The van der Waals surface area contributed by atoms with Gasteiger partial charge in [0.05, 0.1) is 6.54 Å². The molecule has 0 saturated heterocycles. The summed E-state index contributed by atoms with van der Waals surface area (Å²) in [5, 5.41) is 3.52. The predicted octanol–water partition coefficient (Wildman–Crippen LogP) is 4.82. The van der Waals surface area contributed by atoms with E-state index in [-0.39, 0.29) is 5.91 Å². The predicted molar refractivity (Wildman–Crippen MR) is 101 cm³/mol. The van der Waals surface area contributed by atoms with Gasteiger partial charge >= 0.3 is 0 Å². The highest BCUT2D eigenvalue weighted by Gasteiger charge is 2.05. The Bertz CT molecular complexity index is 815. The topological polar surface area (TPSA) is 38.3 Å². The first kappa shape index (κ1) is 17.1. The lowest BCUT2D eigenvalue weighted by Gasteiger charge is -2.08. The summed E-state index contributed by atoms with van der Waals surface area (Å²) in [5.74, 6) is 0.616. The molecule has 0 bridgehead atoms. The number of nitrogens with one attached hydrogen (secondary N) is 1. The maximum Gasteiger partial charge on any atom is 0.251 e. The van der Waals surface area contributed by atoms with Crippen LogP contribution in [-0.2, 0) is 0 Å². The van der Waals surface area contributed by atoms with Gasteiger partial charge in [-0.15, -0.1) is 0 Å². The zero-order chi connectivity index (χ0) is 17.5. The molecule has 4 heteroatoms. The molecule has 0 atom stereocenters. The summed E-state index contributed by atoms with van der Waals surface area (Å²) in [5.41, 5.74) is 2.85. The molecule has 1 N–H and O–H groups in total. The largest absolute Gasteiger partial charge is 0.492 e. The smallest absolute Gasteiger partial charge is 0.251 e. The summed E-state index contributed by atoms with van der Waals surface area (Å²) in [6, 6.07) is 24.8. The number of carbonyl (C=O) groups excluding carboxylic acids is 1. The van der Waals surface area contributed by atoms with Crippen molar-refractivity contribution < 1.29 is 9.53 Å². The van der Waals surface area contributed by atoms with Crippen molar-refractivity contribution in [1.82, 2.24) is 5.32 Å². The van der Waals surface area contributed by atoms with Crippen molar-refractivity contribution in [3.63, 3.8) is 0 Å². The van der Waals surface area contributed by atoms with Crippen molar-refractivity contribution >= 4 is 17.5 Å². The van der Waals surface area contributed by atoms with Crippen LogP contribution in [0, 0.1) is 0 Å². The van der Waals surface area contributed by atoms with E-state index in [1.807, 2.05) is 54.6 Å². The van der Waals surface area contributed by atoms with E-state index >= 15 is 0 Å². The molecule has 3 aromatic carbocycles. The molecule has 3 aromatic rings. The number of amides is 1. The Morgan fingerprint density at radius 2 is 1.48 bits per heavy atom. The van der Waals surface area contributed by atoms with Crippen LogP contribution in [0.25, 0.3) is 11.1 Å². The zero-order valence-electron chi connectivity index (χ0n) is 13.6. The minimum atomic E-state index is -0.112. The molecule has 0 aliphatic heterocycles. The lowest BCUT2D eigenvalue weighted by atomic mass is 10.0. The fourth-order valence-corrected chi connectivity index (χ4v) is 2.54. The van der Waals surface area contributed by atoms with Crippen molar-refractivity contribution in [2.24, 2.45) is 0 Å². The van der Waals surface area contributed by atoms with Crippen LogP contribution < -0.4 is 10.1 Å². The fraction of sp³-hybridized carbons (Fsp3) is 0.0952. The number of halogens is 1. The summed E-state index contributed by atoms with van der Waals surface area (Å²) in [4.78, 5) is 12.2. The van der Waals surface area contributed by atoms with E-state index in [1.54, 1.807) is 24.3 Å². The molecular weight excluding hydrogens is 334 g/mol. The summed E-state index contributed by atoms with van der Waals surface area (Å²) < 4.78 is 5.55. The monoisotopic (exact) mass is 351 g/mol. The number of benzene rings is 3. The minimum Gasteiger partial charge on any atom is -0.492 e. The molecule has 126 valence electrons. The first-order chi connectivity index (χ1) is 12.2. The van der Waals surface area contributed by atoms with Crippen LogP contribution in [0.1, 0.15) is 10.4 Å². The summed E-state index contributed by atoms with van der Waals surface area (Å²) in [6.45, 7) is 0.831. The van der Waals surface area contributed by atoms with E-state index in [4.69, 9.17) is 16.3 Å². The Balaban J connectivity index is 1.49. The average molecular weight is 352 g/mol. The SMILES string of the molecule is O=C(NCCOc1ccc(Cl)cc1)c1ccc(-c2ccccc2)cc1. The standard InChI is InChI=1S/C21H18ClNO2/c22-19-10-12-20(13-11-19)25-15-14-23-21(24)18-8-6-17(7-9-18)16-4-2-1-3-5-16/h1-13H,14-15H2,(H,23,24). The molecule has 3 rings (SSSR count). The second kappa shape index (κ2) is 8.36. The Morgan fingerprint density at radius 3 is 2.16 bits per heavy atom. The molecule has 0 heterocycles. The lowest BCUT2D eigenvalue weighted by Crippen LogP contribution is -2.28. The Morgan fingerprint density at radius 1 is 0.840 bits per heavy atom. The van der Waals surface area contributed by atoms with Crippen molar-refractivity contribution in [1.29, 1.82) is 0 Å². The molecule has 1 amide bonds. The van der Waals surface area contributed by atoms with Gasteiger partial charge < -0.3 is 10.1 Å². The Labute approximate surface area is 152 Å². The van der Waals surface area contributed by atoms with Gasteiger partial charge in [-0.2, -0.15) is 0 Å². The molecule has 0 aliphatic carbocycles. The molecule has 0 aromatic heterocycles. The second-order valence-electron chi connectivity index (χ2n) is 5.50. The zero-order valence-corrected chi connectivity index (χ0v) is 14.4. The van der Waals surface area contributed by atoms with Gasteiger partial charge in [0, 0.05) is 10.6 Å². The number of carbonyl (C=O) groups is 1. The number of ether oxygens (including phenoxy) is 1. The fourth-order valence-electron chi connectivity index (χ4n) is 2.41. The molecule has 0 saturated carbocycles. The van der Waals surface area contributed by atoms with Gasteiger partial charge in [-0.3, -0.25) is 4.79 Å². The normalized spacial score (nSPS) is 10.3. The third-order valence-electron chi connectivity index (χ3n) is 3.72. The van der Waals surface area contributed by atoms with Gasteiger partial charge in [0.15, 0.2) is 0 Å². The Kier molecular flexibility index (Phi) is 5.70. The first-order valence-electron chi connectivity index (χ1n) is 8.04. The van der Waals surface area contributed by atoms with E-state index in [0.29, 0.717) is 23.7 Å². The van der Waals surface area contributed by atoms with E-state index in [9.17, 15) is 4.79 Å². The highest BCUT2D eigenvalue weighted by molar-refractivity contribution is 6.30. The molecule has 0 radical (unpaired) electrons. The van der Waals surface area contributed by atoms with Crippen LogP contribution in [0.4, 0.5) is 0 Å². The van der Waals surface area contributed by atoms with Crippen LogP contribution in [0.2, 0.25) is 5.02 Å². The molecule has 0 fully saturated rings. The quantitative estimate of drug-likeness (QED) is 0.647. The van der Waals surface area contributed by atoms with E-state index in [1.165, 1.54) is 0 Å². The number of rotatable bonds is 6. The van der Waals surface area contributed by atoms with E-state index in [2.05, 4.69) is 5.32 Å². The molecular formula is C21H18ClNO2. The van der Waals surface area contributed by atoms with Gasteiger partial charge in [0.25, 0.3) is 5.91 Å². The molecule has 0 aliphatic rings. The highest BCUT2D eigenvalue weighted by atomic mass is 35.5. The van der Waals surface area contributed by atoms with Gasteiger partial charge in [-0.05, 0) is 47.5 Å². The van der Waals surface area contributed by atoms with Gasteiger partial charge in [-0.25, -0.2) is 0 Å². The van der Waals surface area contributed by atoms with Crippen molar-refractivity contribution in [2.45, 2.75) is 0 Å². The average Bonchev–Trinajstić information content (AvgIpc) is 2.67. The summed E-state index contributed by atoms with van der Waals surface area (Å²) in [7, 11) is 0. The molecule has 0 spiro atoms. The highest BCUT2D eigenvalue weighted by Crippen LogP contribution is 2.19. The summed E-state index contributed by atoms with van der Waals surface area (Å²) >= 11 is 5.82. The number of hydrogen-bond donors (Lipinski definition) is 1. The lowest BCUT2D eigenvalue weighted by molar-refractivity contribution is 0.0947. The third-order valence-corrected chi connectivity index (χ3v) is 3.98. The minimum absolute atomic E-state index is 0.112. The maximum absolute atomic E-state index is 12.2. The van der Waals surface area contributed by atoms with Crippen molar-refractivity contribution in [2.75, 3.05) is 13.2 Å². The molecule has 0 unspecified atom stereocenters. The first-order valence-corrected chi connectivity index (χ1v) is 8.42. The van der Waals surface area contributed by atoms with Crippen LogP contribution in [0.15, 0.2) is 78.9 Å². The molecule has 25 heavy (non-hydrogen) atoms. The second-order valence-corrected chi connectivity index (χ2v) is 5.94. The third kappa shape index (κ3) is 4.85. The van der Waals surface area contributed by atoms with Crippen molar-refractivity contribution in [3.8, 4) is 16.9 Å². The van der Waals surface area contributed by atoms with Crippen LogP contribution in [-0.4, -0.2) is 19.1 Å². The van der Waals surface area contributed by atoms with Crippen LogP contribution >= 0.6 is 11.6 Å². The number of hydrogen-bond acceptors (Lipinski definition) is 2. The van der Waals surface area contributed by atoms with Crippen LogP contribution in [0.5, 0.6) is 5.75 Å². The van der Waals surface area contributed by atoms with Gasteiger partial charge in [0.2, 0.25) is 0 Å². The van der Waals surface area contributed by atoms with Gasteiger partial charge in [-0.1, -0.05) is 54.1 Å². The van der Waals surface area contributed by atoms with Gasteiger partial charge in [0.1, 0.15) is 12.4 Å². The Hall–Kier alpha value is -2.78. The van der Waals surface area contributed by atoms with E-state index in [0.717, 1.165) is 16.9 Å². The van der Waals surface area contributed by atoms with E-state index < -0.39 is 0 Å².